The number of hydrogen-bond acceptors (Lipinski definition) is 3. The first-order valence-electron chi connectivity index (χ1n) is 7.89. The van der Waals surface area contributed by atoms with Crippen molar-refractivity contribution >= 4 is 5.96 Å². The number of ether oxygens (including phenoxy) is 1. The molecule has 124 valence electrons. The highest BCUT2D eigenvalue weighted by molar-refractivity contribution is 5.77. The van der Waals surface area contributed by atoms with E-state index in [4.69, 9.17) is 10.5 Å². The standard InChI is InChI=1S/C17H30N4O/c1-5-22-12-6-11-19-17(18)20-13-16(21(3)4)15-9-7-14(2)8-10-15/h7-10,16H,5-6,11-13H2,1-4H3,(H3,18,19,20). The highest BCUT2D eigenvalue weighted by Gasteiger charge is 2.13. The first-order valence-corrected chi connectivity index (χ1v) is 7.89. The van der Waals surface area contributed by atoms with E-state index < -0.39 is 0 Å². The van der Waals surface area contributed by atoms with Crippen LogP contribution in [0.1, 0.15) is 30.5 Å². The van der Waals surface area contributed by atoms with Crippen LogP contribution in [0.15, 0.2) is 29.3 Å². The summed E-state index contributed by atoms with van der Waals surface area (Å²) in [5, 5.41) is 3.13. The molecule has 0 fully saturated rings. The summed E-state index contributed by atoms with van der Waals surface area (Å²) in [6, 6.07) is 8.79. The summed E-state index contributed by atoms with van der Waals surface area (Å²) >= 11 is 0. The fourth-order valence-corrected chi connectivity index (χ4v) is 2.13. The summed E-state index contributed by atoms with van der Waals surface area (Å²) in [6.45, 7) is 7.02. The Balaban J connectivity index is 2.49. The van der Waals surface area contributed by atoms with Gasteiger partial charge in [0.05, 0.1) is 12.6 Å². The van der Waals surface area contributed by atoms with Crippen molar-refractivity contribution in [2.45, 2.75) is 26.3 Å². The molecule has 0 radical (unpaired) electrons. The third kappa shape index (κ3) is 6.91. The van der Waals surface area contributed by atoms with Crippen LogP contribution in [0.2, 0.25) is 0 Å². The van der Waals surface area contributed by atoms with E-state index in [1.807, 2.05) is 6.92 Å². The Hall–Kier alpha value is -1.59. The predicted molar refractivity (Wildman–Crippen MR) is 93.2 cm³/mol. The van der Waals surface area contributed by atoms with E-state index >= 15 is 0 Å². The molecule has 1 aromatic rings. The number of guanidine groups is 1. The maximum Gasteiger partial charge on any atom is 0.188 e. The Kier molecular flexibility index (Phi) is 8.55. The number of nitrogens with two attached hydrogens (primary N) is 1. The molecule has 0 aliphatic carbocycles. The van der Waals surface area contributed by atoms with Gasteiger partial charge in [-0.25, -0.2) is 0 Å². The number of benzene rings is 1. The molecule has 0 aliphatic heterocycles. The normalized spacial score (nSPS) is 13.4. The van der Waals surface area contributed by atoms with Gasteiger partial charge >= 0.3 is 0 Å². The monoisotopic (exact) mass is 306 g/mol. The van der Waals surface area contributed by atoms with Crippen molar-refractivity contribution in [3.63, 3.8) is 0 Å². The molecule has 0 amide bonds. The van der Waals surface area contributed by atoms with Crippen LogP contribution in [0.5, 0.6) is 0 Å². The summed E-state index contributed by atoms with van der Waals surface area (Å²) < 4.78 is 5.29. The minimum atomic E-state index is 0.226. The largest absolute Gasteiger partial charge is 0.382 e. The highest BCUT2D eigenvalue weighted by atomic mass is 16.5. The molecule has 5 heteroatoms. The van der Waals surface area contributed by atoms with Crippen LogP contribution >= 0.6 is 0 Å². The summed E-state index contributed by atoms with van der Waals surface area (Å²) in [5.74, 6) is 0.496. The minimum absolute atomic E-state index is 0.226. The maximum absolute atomic E-state index is 5.92. The van der Waals surface area contributed by atoms with Crippen LogP contribution in [0.4, 0.5) is 0 Å². The quantitative estimate of drug-likeness (QED) is 0.416. The number of nitrogens with zero attached hydrogens (tertiary/aromatic N) is 2. The molecule has 1 rings (SSSR count). The number of aryl methyl sites for hydroxylation is 1. The van der Waals surface area contributed by atoms with Gasteiger partial charge in [-0.05, 0) is 39.9 Å². The second-order valence-corrected chi connectivity index (χ2v) is 5.59. The lowest BCUT2D eigenvalue weighted by atomic mass is 10.0. The van der Waals surface area contributed by atoms with Gasteiger partial charge in [-0.15, -0.1) is 0 Å². The second-order valence-electron chi connectivity index (χ2n) is 5.59. The van der Waals surface area contributed by atoms with E-state index in [0.29, 0.717) is 12.5 Å². The third-order valence-electron chi connectivity index (χ3n) is 3.50. The molecule has 1 aromatic carbocycles. The molecule has 0 aliphatic rings. The van der Waals surface area contributed by atoms with Crippen LogP contribution in [0.25, 0.3) is 0 Å². The lowest BCUT2D eigenvalue weighted by molar-refractivity contribution is 0.145. The number of rotatable bonds is 9. The summed E-state index contributed by atoms with van der Waals surface area (Å²) in [4.78, 5) is 6.63. The van der Waals surface area contributed by atoms with Crippen LogP contribution in [-0.4, -0.2) is 51.3 Å². The molecule has 22 heavy (non-hydrogen) atoms. The number of hydrogen-bond donors (Lipinski definition) is 2. The molecule has 0 saturated carbocycles. The van der Waals surface area contributed by atoms with Gasteiger partial charge in [0, 0.05) is 19.8 Å². The van der Waals surface area contributed by atoms with Crippen molar-refractivity contribution in [3.05, 3.63) is 35.4 Å². The zero-order chi connectivity index (χ0) is 16.4. The average Bonchev–Trinajstić information content (AvgIpc) is 2.48. The Morgan fingerprint density at radius 1 is 1.32 bits per heavy atom. The topological polar surface area (TPSA) is 62.9 Å². The average molecular weight is 306 g/mol. The van der Waals surface area contributed by atoms with E-state index in [1.165, 1.54) is 11.1 Å². The minimum Gasteiger partial charge on any atom is -0.382 e. The van der Waals surface area contributed by atoms with Crippen molar-refractivity contribution in [2.75, 3.05) is 40.4 Å². The van der Waals surface area contributed by atoms with E-state index in [-0.39, 0.29) is 6.04 Å². The van der Waals surface area contributed by atoms with Gasteiger partial charge in [0.25, 0.3) is 0 Å². The zero-order valence-electron chi connectivity index (χ0n) is 14.3. The van der Waals surface area contributed by atoms with E-state index in [2.05, 4.69) is 60.5 Å². The number of aliphatic imine (C=N–C) groups is 1. The molecule has 5 nitrogen and oxygen atoms in total. The van der Waals surface area contributed by atoms with Crippen molar-refractivity contribution in [1.82, 2.24) is 10.2 Å². The van der Waals surface area contributed by atoms with Crippen LogP contribution in [-0.2, 0) is 4.74 Å². The van der Waals surface area contributed by atoms with Gasteiger partial charge in [-0.3, -0.25) is 4.99 Å². The van der Waals surface area contributed by atoms with Crippen LogP contribution in [0, 0.1) is 6.92 Å². The van der Waals surface area contributed by atoms with Gasteiger partial charge in [0.15, 0.2) is 5.96 Å². The molecule has 0 spiro atoms. The van der Waals surface area contributed by atoms with Gasteiger partial charge in [-0.1, -0.05) is 29.8 Å². The molecular weight excluding hydrogens is 276 g/mol. The fraction of sp³-hybridized carbons (Fsp3) is 0.588. The van der Waals surface area contributed by atoms with Crippen molar-refractivity contribution in [1.29, 1.82) is 0 Å². The second kappa shape index (κ2) is 10.2. The van der Waals surface area contributed by atoms with Crippen molar-refractivity contribution < 1.29 is 4.74 Å². The van der Waals surface area contributed by atoms with Crippen LogP contribution < -0.4 is 11.1 Å². The van der Waals surface area contributed by atoms with Gasteiger partial charge < -0.3 is 20.7 Å². The van der Waals surface area contributed by atoms with Gasteiger partial charge in [-0.2, -0.15) is 0 Å². The maximum atomic E-state index is 5.92. The Morgan fingerprint density at radius 3 is 2.59 bits per heavy atom. The molecule has 1 atom stereocenters. The molecule has 1 unspecified atom stereocenters. The molecular formula is C17H30N4O. The third-order valence-corrected chi connectivity index (χ3v) is 3.50. The Labute approximate surface area is 134 Å². The summed E-state index contributed by atoms with van der Waals surface area (Å²) in [6.07, 6.45) is 0.930. The van der Waals surface area contributed by atoms with Crippen molar-refractivity contribution in [3.8, 4) is 0 Å². The zero-order valence-corrected chi connectivity index (χ0v) is 14.3. The lowest BCUT2D eigenvalue weighted by Gasteiger charge is -2.23. The van der Waals surface area contributed by atoms with Gasteiger partial charge in [0.1, 0.15) is 0 Å². The fourth-order valence-electron chi connectivity index (χ4n) is 2.13. The van der Waals surface area contributed by atoms with Crippen molar-refractivity contribution in [2.24, 2.45) is 10.7 Å². The first kappa shape index (κ1) is 18.5. The first-order chi connectivity index (χ1) is 10.5. The predicted octanol–water partition coefficient (Wildman–Crippen LogP) is 1.93. The lowest BCUT2D eigenvalue weighted by Crippen LogP contribution is -2.34. The van der Waals surface area contributed by atoms with E-state index in [1.54, 1.807) is 0 Å². The Morgan fingerprint density at radius 2 is 2.00 bits per heavy atom. The number of nitrogens with one attached hydrogen (secondary N) is 1. The van der Waals surface area contributed by atoms with E-state index in [0.717, 1.165) is 26.2 Å². The van der Waals surface area contributed by atoms with Gasteiger partial charge in [0.2, 0.25) is 0 Å². The van der Waals surface area contributed by atoms with E-state index in [9.17, 15) is 0 Å². The summed E-state index contributed by atoms with van der Waals surface area (Å²) in [7, 11) is 4.12. The smallest absolute Gasteiger partial charge is 0.188 e. The summed E-state index contributed by atoms with van der Waals surface area (Å²) in [5.41, 5.74) is 8.44. The number of likely N-dealkylation sites (N-methyl/N-ethyl adjacent to an activating group) is 1. The highest BCUT2D eigenvalue weighted by Crippen LogP contribution is 2.18. The van der Waals surface area contributed by atoms with Crippen LogP contribution in [0.3, 0.4) is 0 Å². The Bertz CT molecular complexity index is 442. The molecule has 0 aromatic heterocycles. The molecule has 0 heterocycles. The molecule has 3 N–H and O–H groups in total. The molecule has 0 bridgehead atoms. The molecule has 0 saturated heterocycles. The SMILES string of the molecule is CCOCCCNC(N)=NCC(c1ccc(C)cc1)N(C)C.